The van der Waals surface area contributed by atoms with Crippen molar-refractivity contribution < 1.29 is 13.6 Å². The smallest absolute Gasteiger partial charge is 0.216 e. The minimum absolute atomic E-state index is 0.159. The van der Waals surface area contributed by atoms with Gasteiger partial charge < -0.3 is 5.32 Å². The zero-order chi connectivity index (χ0) is 13.5. The van der Waals surface area contributed by atoms with Crippen molar-refractivity contribution in [3.8, 4) is 17.9 Å². The molecule has 0 aliphatic carbocycles. The number of rotatable bonds is 2. The molecule has 92 valence electrons. The van der Waals surface area contributed by atoms with Crippen molar-refractivity contribution in [1.82, 2.24) is 5.32 Å². The summed E-state index contributed by atoms with van der Waals surface area (Å²) in [6.45, 7) is 1.77. The van der Waals surface area contributed by atoms with Crippen molar-refractivity contribution in [3.63, 3.8) is 0 Å². The Hall–Kier alpha value is -2.40. The highest BCUT2D eigenvalue weighted by Gasteiger charge is 2.09. The third-order valence-electron chi connectivity index (χ3n) is 2.01. The van der Waals surface area contributed by atoms with Gasteiger partial charge >= 0.3 is 0 Å². The van der Waals surface area contributed by atoms with Crippen LogP contribution in [0, 0.1) is 34.8 Å². The molecule has 0 saturated heterocycles. The molecule has 0 aliphatic rings. The Morgan fingerprint density at radius 1 is 1.39 bits per heavy atom. The number of hydrogen-bond donors (Lipinski definition) is 1. The quantitative estimate of drug-likeness (QED) is 0.640. The molecule has 1 aromatic carbocycles. The molecule has 5 heteroatoms. The fourth-order valence-electron chi connectivity index (χ4n) is 1.22. The van der Waals surface area contributed by atoms with E-state index in [4.69, 9.17) is 5.26 Å². The van der Waals surface area contributed by atoms with Crippen molar-refractivity contribution in [2.75, 3.05) is 6.54 Å². The second-order valence-corrected chi connectivity index (χ2v) is 3.46. The second-order valence-electron chi connectivity index (χ2n) is 3.46. The van der Waals surface area contributed by atoms with E-state index in [2.05, 4.69) is 17.2 Å². The van der Waals surface area contributed by atoms with Gasteiger partial charge in [-0.05, 0) is 12.1 Å². The van der Waals surface area contributed by atoms with Crippen molar-refractivity contribution >= 4 is 5.91 Å². The Morgan fingerprint density at radius 3 is 2.50 bits per heavy atom. The van der Waals surface area contributed by atoms with E-state index in [1.165, 1.54) is 13.0 Å². The van der Waals surface area contributed by atoms with Crippen molar-refractivity contribution in [3.05, 3.63) is 34.9 Å². The van der Waals surface area contributed by atoms with Gasteiger partial charge in [0.25, 0.3) is 0 Å². The zero-order valence-corrected chi connectivity index (χ0v) is 9.68. The summed E-state index contributed by atoms with van der Waals surface area (Å²) in [6, 6.07) is 3.45. The summed E-state index contributed by atoms with van der Waals surface area (Å²) >= 11 is 0. The van der Waals surface area contributed by atoms with Gasteiger partial charge in [-0.2, -0.15) is 5.26 Å². The standard InChI is InChI=1S/C13H10F2N2O/c1-9(18)17-5-3-2-4-10-6-12(14)11(8-16)13(15)7-10/h6-7H,3,5H2,1H3,(H,17,18). The first-order valence-corrected chi connectivity index (χ1v) is 5.17. The molecule has 0 saturated carbocycles. The van der Waals surface area contributed by atoms with Crippen LogP contribution in [0.15, 0.2) is 12.1 Å². The average molecular weight is 248 g/mol. The summed E-state index contributed by atoms with van der Waals surface area (Å²) in [5, 5.41) is 11.0. The lowest BCUT2D eigenvalue weighted by atomic mass is 10.1. The van der Waals surface area contributed by atoms with Crippen molar-refractivity contribution in [2.24, 2.45) is 0 Å². The van der Waals surface area contributed by atoms with E-state index >= 15 is 0 Å². The third kappa shape index (κ3) is 3.88. The van der Waals surface area contributed by atoms with E-state index in [1.54, 1.807) is 0 Å². The largest absolute Gasteiger partial charge is 0.355 e. The van der Waals surface area contributed by atoms with Gasteiger partial charge in [0.05, 0.1) is 0 Å². The van der Waals surface area contributed by atoms with Gasteiger partial charge in [-0.1, -0.05) is 11.8 Å². The van der Waals surface area contributed by atoms with Crippen LogP contribution in [0.3, 0.4) is 0 Å². The number of hydrogen-bond acceptors (Lipinski definition) is 2. The normalized spacial score (nSPS) is 9.00. The molecule has 3 nitrogen and oxygen atoms in total. The highest BCUT2D eigenvalue weighted by Crippen LogP contribution is 2.13. The Kier molecular flexibility index (Phi) is 4.83. The fraction of sp³-hybridized carbons (Fsp3) is 0.231. The van der Waals surface area contributed by atoms with Gasteiger partial charge in [-0.15, -0.1) is 0 Å². The molecule has 0 spiro atoms. The maximum absolute atomic E-state index is 13.2. The predicted molar refractivity (Wildman–Crippen MR) is 61.3 cm³/mol. The molecule has 0 fully saturated rings. The molecule has 1 N–H and O–H groups in total. The topological polar surface area (TPSA) is 52.9 Å². The minimum atomic E-state index is -0.927. The Labute approximate surface area is 103 Å². The van der Waals surface area contributed by atoms with Crippen LogP contribution in [-0.4, -0.2) is 12.5 Å². The molecule has 0 radical (unpaired) electrons. The molecule has 1 amide bonds. The molecule has 0 heterocycles. The molecule has 1 aromatic rings. The molecule has 0 atom stereocenters. The van der Waals surface area contributed by atoms with E-state index in [1.807, 2.05) is 0 Å². The number of nitriles is 1. The summed E-state index contributed by atoms with van der Waals surface area (Å²) in [6.07, 6.45) is 0.378. The summed E-state index contributed by atoms with van der Waals surface area (Å²) in [7, 11) is 0. The van der Waals surface area contributed by atoms with Gasteiger partial charge in [0.15, 0.2) is 0 Å². The predicted octanol–water partition coefficient (Wildman–Crippen LogP) is 1.71. The monoisotopic (exact) mass is 248 g/mol. The second kappa shape index (κ2) is 6.36. The highest BCUT2D eigenvalue weighted by molar-refractivity contribution is 5.72. The summed E-state index contributed by atoms with van der Waals surface area (Å²) in [5.41, 5.74) is -0.453. The van der Waals surface area contributed by atoms with E-state index in [9.17, 15) is 13.6 Å². The maximum Gasteiger partial charge on any atom is 0.216 e. The van der Waals surface area contributed by atoms with Crippen LogP contribution in [0.5, 0.6) is 0 Å². The maximum atomic E-state index is 13.2. The molecule has 0 aliphatic heterocycles. The zero-order valence-electron chi connectivity index (χ0n) is 9.68. The molecule has 0 unspecified atom stereocenters. The summed E-state index contributed by atoms with van der Waals surface area (Å²) in [4.78, 5) is 10.5. The molecule has 0 aromatic heterocycles. The Morgan fingerprint density at radius 2 is 2.00 bits per heavy atom. The lowest BCUT2D eigenvalue weighted by Crippen LogP contribution is -2.20. The average Bonchev–Trinajstić information content (AvgIpc) is 2.27. The fourth-order valence-corrected chi connectivity index (χ4v) is 1.22. The Bertz CT molecular complexity index is 542. The van der Waals surface area contributed by atoms with E-state index in [0.29, 0.717) is 13.0 Å². The summed E-state index contributed by atoms with van der Waals surface area (Å²) in [5.74, 6) is 3.21. The van der Waals surface area contributed by atoms with E-state index < -0.39 is 17.2 Å². The van der Waals surface area contributed by atoms with Crippen LogP contribution in [0.4, 0.5) is 8.78 Å². The number of nitrogens with one attached hydrogen (secondary N) is 1. The number of nitrogens with zero attached hydrogens (tertiary/aromatic N) is 1. The van der Waals surface area contributed by atoms with Crippen LogP contribution in [-0.2, 0) is 4.79 Å². The first kappa shape index (κ1) is 13.7. The van der Waals surface area contributed by atoms with E-state index in [0.717, 1.165) is 12.1 Å². The number of halogens is 2. The molecule has 0 bridgehead atoms. The molecule has 18 heavy (non-hydrogen) atoms. The highest BCUT2D eigenvalue weighted by atomic mass is 19.1. The van der Waals surface area contributed by atoms with Crippen molar-refractivity contribution in [2.45, 2.75) is 13.3 Å². The lowest BCUT2D eigenvalue weighted by molar-refractivity contribution is -0.118. The minimum Gasteiger partial charge on any atom is -0.355 e. The Balaban J connectivity index is 2.72. The number of carbonyl (C=O) groups excluding carboxylic acids is 1. The first-order valence-electron chi connectivity index (χ1n) is 5.17. The van der Waals surface area contributed by atoms with Crippen LogP contribution >= 0.6 is 0 Å². The summed E-state index contributed by atoms with van der Waals surface area (Å²) < 4.78 is 26.4. The van der Waals surface area contributed by atoms with Crippen LogP contribution in [0.2, 0.25) is 0 Å². The number of carbonyl (C=O) groups is 1. The molecular weight excluding hydrogens is 238 g/mol. The van der Waals surface area contributed by atoms with Crippen LogP contribution < -0.4 is 5.32 Å². The van der Waals surface area contributed by atoms with Gasteiger partial charge in [-0.3, -0.25) is 4.79 Å². The molecule has 1 rings (SSSR count). The van der Waals surface area contributed by atoms with Gasteiger partial charge in [0.2, 0.25) is 5.91 Å². The van der Waals surface area contributed by atoms with E-state index in [-0.39, 0.29) is 11.5 Å². The molecular formula is C13H10F2N2O. The SMILES string of the molecule is CC(=O)NCCC#Cc1cc(F)c(C#N)c(F)c1. The van der Waals surface area contributed by atoms with Crippen molar-refractivity contribution in [1.29, 1.82) is 5.26 Å². The number of amides is 1. The lowest BCUT2D eigenvalue weighted by Gasteiger charge is -1.97. The number of benzene rings is 1. The van der Waals surface area contributed by atoms with Crippen LogP contribution in [0.1, 0.15) is 24.5 Å². The van der Waals surface area contributed by atoms with Gasteiger partial charge in [0, 0.05) is 25.5 Å². The third-order valence-corrected chi connectivity index (χ3v) is 2.01. The van der Waals surface area contributed by atoms with Gasteiger partial charge in [-0.25, -0.2) is 8.78 Å². The van der Waals surface area contributed by atoms with Crippen LogP contribution in [0.25, 0.3) is 0 Å². The first-order chi connectivity index (χ1) is 8.54. The van der Waals surface area contributed by atoms with Gasteiger partial charge in [0.1, 0.15) is 23.3 Å².